The van der Waals surface area contributed by atoms with Crippen LogP contribution in [0.1, 0.15) is 12.0 Å². The summed E-state index contributed by atoms with van der Waals surface area (Å²) in [6, 6.07) is 3.44. The van der Waals surface area contributed by atoms with Crippen molar-refractivity contribution < 1.29 is 23.1 Å². The molecule has 1 aromatic carbocycles. The Kier molecular flexibility index (Phi) is 4.89. The van der Waals surface area contributed by atoms with E-state index in [1.807, 2.05) is 0 Å². The van der Waals surface area contributed by atoms with Crippen LogP contribution in [-0.2, 0) is 14.3 Å². The number of carbonyl (C=O) groups excluding carboxylic acids is 2. The van der Waals surface area contributed by atoms with Gasteiger partial charge in [-0.1, -0.05) is 6.07 Å². The van der Waals surface area contributed by atoms with E-state index in [1.54, 1.807) is 9.80 Å². The molecule has 0 aromatic heterocycles. The first-order chi connectivity index (χ1) is 11.5. The maximum atomic E-state index is 13.1. The van der Waals surface area contributed by atoms with Gasteiger partial charge in [-0.3, -0.25) is 9.59 Å². The first-order valence-corrected chi connectivity index (χ1v) is 7.84. The fourth-order valence-corrected chi connectivity index (χ4v) is 2.59. The highest BCUT2D eigenvalue weighted by Crippen LogP contribution is 2.14. The van der Waals surface area contributed by atoms with Gasteiger partial charge in [0.1, 0.15) is 0 Å². The van der Waals surface area contributed by atoms with E-state index in [9.17, 15) is 18.4 Å². The molecule has 2 heterocycles. The lowest BCUT2D eigenvalue weighted by Crippen LogP contribution is -2.37. The number of amides is 2. The van der Waals surface area contributed by atoms with Crippen LogP contribution >= 0.6 is 0 Å². The number of hydrogen-bond acceptors (Lipinski definition) is 3. The van der Waals surface area contributed by atoms with Crippen LogP contribution in [0.4, 0.5) is 8.78 Å². The minimum Gasteiger partial charge on any atom is -0.371 e. The van der Waals surface area contributed by atoms with Crippen molar-refractivity contribution >= 4 is 17.9 Å². The van der Waals surface area contributed by atoms with E-state index in [2.05, 4.69) is 0 Å². The molecular formula is C17H18F2N2O3. The molecule has 0 bridgehead atoms. The number of nitrogens with zero attached hydrogens (tertiary/aromatic N) is 2. The smallest absolute Gasteiger partial charge is 0.246 e. The van der Waals surface area contributed by atoms with Gasteiger partial charge in [0.25, 0.3) is 0 Å². The zero-order chi connectivity index (χ0) is 17.1. The second-order valence-electron chi connectivity index (χ2n) is 5.88. The highest BCUT2D eigenvalue weighted by molar-refractivity contribution is 5.92. The van der Waals surface area contributed by atoms with Crippen LogP contribution in [-0.4, -0.2) is 60.5 Å². The third-order valence-electron chi connectivity index (χ3n) is 4.09. The highest BCUT2D eigenvalue weighted by Gasteiger charge is 2.30. The Morgan fingerprint density at radius 3 is 2.75 bits per heavy atom. The molecule has 2 saturated heterocycles. The summed E-state index contributed by atoms with van der Waals surface area (Å²) in [5, 5.41) is 0. The summed E-state index contributed by atoms with van der Waals surface area (Å²) in [6.45, 7) is 2.53. The monoisotopic (exact) mass is 336 g/mol. The normalized spacial score (nSPS) is 21.2. The molecule has 2 aliphatic heterocycles. The summed E-state index contributed by atoms with van der Waals surface area (Å²) < 4.78 is 31.2. The van der Waals surface area contributed by atoms with Gasteiger partial charge in [-0.05, 0) is 23.8 Å². The first kappa shape index (κ1) is 16.6. The van der Waals surface area contributed by atoms with Crippen LogP contribution in [0.15, 0.2) is 24.3 Å². The lowest BCUT2D eigenvalue weighted by molar-refractivity contribution is -0.130. The molecule has 1 atom stereocenters. The summed E-state index contributed by atoms with van der Waals surface area (Å²) in [6.07, 6.45) is 3.16. The summed E-state index contributed by atoms with van der Waals surface area (Å²) in [5.41, 5.74) is 0.403. The van der Waals surface area contributed by atoms with E-state index in [4.69, 9.17) is 4.74 Å². The Morgan fingerprint density at radius 2 is 2.04 bits per heavy atom. The van der Waals surface area contributed by atoms with Crippen molar-refractivity contribution in [1.29, 1.82) is 0 Å². The van der Waals surface area contributed by atoms with Crippen molar-refractivity contribution in [3.05, 3.63) is 41.5 Å². The van der Waals surface area contributed by atoms with Crippen molar-refractivity contribution in [3.63, 3.8) is 0 Å². The highest BCUT2D eigenvalue weighted by atomic mass is 19.2. The molecule has 2 amide bonds. The quantitative estimate of drug-likeness (QED) is 0.618. The Morgan fingerprint density at radius 1 is 1.25 bits per heavy atom. The number of hydrogen-bond donors (Lipinski definition) is 0. The Labute approximate surface area is 138 Å². The molecule has 128 valence electrons. The number of epoxide rings is 1. The molecule has 2 aliphatic rings. The number of halogens is 2. The van der Waals surface area contributed by atoms with Gasteiger partial charge in [-0.2, -0.15) is 0 Å². The average Bonchev–Trinajstić information content (AvgIpc) is 3.39. The molecule has 0 radical (unpaired) electrons. The molecule has 1 aromatic rings. The standard InChI is InChI=1S/C17H18F2N2O3/c18-14-3-1-12(9-15(14)19)2-4-16(22)20-6-5-17(23)21(8-7-20)10-13-11-24-13/h1-4,9,13H,5-8,10-11H2/b4-2+. The largest absolute Gasteiger partial charge is 0.371 e. The van der Waals surface area contributed by atoms with E-state index < -0.39 is 11.6 Å². The predicted molar refractivity (Wildman–Crippen MR) is 82.9 cm³/mol. The Balaban J connectivity index is 1.58. The molecule has 3 rings (SSSR count). The molecule has 0 spiro atoms. The lowest BCUT2D eigenvalue weighted by Gasteiger charge is -2.20. The van der Waals surface area contributed by atoms with Gasteiger partial charge < -0.3 is 14.5 Å². The Bertz CT molecular complexity index is 674. The summed E-state index contributed by atoms with van der Waals surface area (Å²) in [5.74, 6) is -2.12. The van der Waals surface area contributed by atoms with Crippen LogP contribution in [0.2, 0.25) is 0 Å². The molecule has 1 unspecified atom stereocenters. The fourth-order valence-electron chi connectivity index (χ4n) is 2.59. The summed E-state index contributed by atoms with van der Waals surface area (Å²) in [4.78, 5) is 27.6. The van der Waals surface area contributed by atoms with Gasteiger partial charge in [-0.15, -0.1) is 0 Å². The summed E-state index contributed by atoms with van der Waals surface area (Å²) >= 11 is 0. The van der Waals surface area contributed by atoms with Crippen molar-refractivity contribution in [2.45, 2.75) is 12.5 Å². The number of benzene rings is 1. The van der Waals surface area contributed by atoms with E-state index in [0.29, 0.717) is 38.3 Å². The van der Waals surface area contributed by atoms with E-state index in [1.165, 1.54) is 18.2 Å². The third-order valence-corrected chi connectivity index (χ3v) is 4.09. The van der Waals surface area contributed by atoms with Crippen molar-refractivity contribution in [3.8, 4) is 0 Å². The first-order valence-electron chi connectivity index (χ1n) is 7.84. The number of ether oxygens (including phenoxy) is 1. The van der Waals surface area contributed by atoms with Crippen molar-refractivity contribution in [1.82, 2.24) is 9.80 Å². The van der Waals surface area contributed by atoms with Crippen LogP contribution in [0, 0.1) is 11.6 Å². The molecular weight excluding hydrogens is 318 g/mol. The van der Waals surface area contributed by atoms with Gasteiger partial charge in [0.2, 0.25) is 11.8 Å². The van der Waals surface area contributed by atoms with Crippen molar-refractivity contribution in [2.24, 2.45) is 0 Å². The topological polar surface area (TPSA) is 53.2 Å². The van der Waals surface area contributed by atoms with Crippen LogP contribution in [0.5, 0.6) is 0 Å². The van der Waals surface area contributed by atoms with Gasteiger partial charge in [0.15, 0.2) is 11.6 Å². The van der Waals surface area contributed by atoms with Gasteiger partial charge in [0, 0.05) is 38.7 Å². The third kappa shape index (κ3) is 4.17. The fraction of sp³-hybridized carbons (Fsp3) is 0.412. The second kappa shape index (κ2) is 7.09. The molecule has 24 heavy (non-hydrogen) atoms. The predicted octanol–water partition coefficient (Wildman–Crippen LogP) is 1.44. The Hall–Kier alpha value is -2.28. The molecule has 7 heteroatoms. The van der Waals surface area contributed by atoms with Gasteiger partial charge in [0.05, 0.1) is 12.7 Å². The molecule has 0 N–H and O–H groups in total. The molecule has 2 fully saturated rings. The maximum Gasteiger partial charge on any atom is 0.246 e. The van der Waals surface area contributed by atoms with E-state index in [-0.39, 0.29) is 24.3 Å². The van der Waals surface area contributed by atoms with Crippen LogP contribution in [0.3, 0.4) is 0 Å². The average molecular weight is 336 g/mol. The lowest BCUT2D eigenvalue weighted by atomic mass is 10.2. The van der Waals surface area contributed by atoms with Gasteiger partial charge in [-0.25, -0.2) is 8.78 Å². The number of rotatable bonds is 4. The molecule has 5 nitrogen and oxygen atoms in total. The minimum absolute atomic E-state index is 0.0189. The molecule has 0 saturated carbocycles. The maximum absolute atomic E-state index is 13.1. The van der Waals surface area contributed by atoms with Gasteiger partial charge >= 0.3 is 0 Å². The summed E-state index contributed by atoms with van der Waals surface area (Å²) in [7, 11) is 0. The SMILES string of the molecule is O=C(/C=C/c1ccc(F)c(F)c1)N1CCC(=O)N(CC2CO2)CC1. The molecule has 0 aliphatic carbocycles. The zero-order valence-corrected chi connectivity index (χ0v) is 13.1. The van der Waals surface area contributed by atoms with Crippen LogP contribution in [0.25, 0.3) is 6.08 Å². The minimum atomic E-state index is -0.956. The van der Waals surface area contributed by atoms with Crippen molar-refractivity contribution in [2.75, 3.05) is 32.8 Å². The number of carbonyl (C=O) groups is 2. The van der Waals surface area contributed by atoms with Crippen LogP contribution < -0.4 is 0 Å². The van der Waals surface area contributed by atoms with E-state index in [0.717, 1.165) is 12.1 Å². The zero-order valence-electron chi connectivity index (χ0n) is 13.1. The van der Waals surface area contributed by atoms with E-state index >= 15 is 0 Å². The second-order valence-corrected chi connectivity index (χ2v) is 5.88.